The summed E-state index contributed by atoms with van der Waals surface area (Å²) in [5.41, 5.74) is 1.35. The number of nitro groups is 1. The van der Waals surface area contributed by atoms with Crippen LogP contribution in [0.4, 0.5) is 11.4 Å². The first-order valence-electron chi connectivity index (χ1n) is 9.83. The molecule has 0 bridgehead atoms. The molecule has 1 heterocycles. The topological polar surface area (TPSA) is 66.7 Å². The molecular formula is C23H20ClN3O3S. The molecule has 1 aliphatic heterocycles. The molecular weight excluding hydrogens is 434 g/mol. The molecule has 0 spiro atoms. The fourth-order valence-corrected chi connectivity index (χ4v) is 4.69. The summed E-state index contributed by atoms with van der Waals surface area (Å²) in [6.45, 7) is 2.58. The Bertz CT molecular complexity index is 1100. The monoisotopic (exact) mass is 453 g/mol. The maximum absolute atomic E-state index is 13.0. The Balaban J connectivity index is 1.49. The van der Waals surface area contributed by atoms with Crippen LogP contribution in [0.15, 0.2) is 82.6 Å². The van der Waals surface area contributed by atoms with Crippen molar-refractivity contribution < 1.29 is 9.72 Å². The molecule has 158 valence electrons. The minimum absolute atomic E-state index is 0.0984. The molecule has 8 heteroatoms. The molecule has 0 radical (unpaired) electrons. The fourth-order valence-electron chi connectivity index (χ4n) is 3.51. The minimum Gasteiger partial charge on any atom is -0.368 e. The van der Waals surface area contributed by atoms with Gasteiger partial charge in [0.1, 0.15) is 0 Å². The Kier molecular flexibility index (Phi) is 6.44. The van der Waals surface area contributed by atoms with E-state index < -0.39 is 4.92 Å². The molecule has 0 saturated carbocycles. The average molecular weight is 454 g/mol. The number of nitrogens with zero attached hydrogens (tertiary/aromatic N) is 3. The largest absolute Gasteiger partial charge is 0.368 e. The van der Waals surface area contributed by atoms with Crippen molar-refractivity contribution in [2.45, 2.75) is 9.79 Å². The van der Waals surface area contributed by atoms with Crippen molar-refractivity contribution in [2.75, 3.05) is 31.1 Å². The van der Waals surface area contributed by atoms with Crippen molar-refractivity contribution >= 4 is 40.6 Å². The Morgan fingerprint density at radius 1 is 0.903 bits per heavy atom. The number of carbonyl (C=O) groups excluding carboxylic acids is 1. The zero-order valence-electron chi connectivity index (χ0n) is 16.6. The van der Waals surface area contributed by atoms with E-state index in [1.165, 1.54) is 17.8 Å². The number of hydrogen-bond donors (Lipinski definition) is 0. The van der Waals surface area contributed by atoms with Crippen molar-refractivity contribution in [1.82, 2.24) is 4.90 Å². The molecule has 1 fully saturated rings. The average Bonchev–Trinajstić information content (AvgIpc) is 2.81. The van der Waals surface area contributed by atoms with Gasteiger partial charge in [0.15, 0.2) is 0 Å². The van der Waals surface area contributed by atoms with Gasteiger partial charge >= 0.3 is 0 Å². The van der Waals surface area contributed by atoms with Gasteiger partial charge in [-0.15, -0.1) is 0 Å². The molecule has 1 saturated heterocycles. The van der Waals surface area contributed by atoms with Gasteiger partial charge in [-0.25, -0.2) is 0 Å². The zero-order valence-corrected chi connectivity index (χ0v) is 18.2. The highest BCUT2D eigenvalue weighted by atomic mass is 35.5. The number of halogens is 1. The van der Waals surface area contributed by atoms with E-state index >= 15 is 0 Å². The first-order chi connectivity index (χ1) is 15.0. The molecule has 1 aliphatic rings. The summed E-state index contributed by atoms with van der Waals surface area (Å²) < 4.78 is 0. The second-order valence-electron chi connectivity index (χ2n) is 7.09. The standard InChI is InChI=1S/C23H20ClN3O3S/c24-19-8-4-5-9-21(19)31-22-11-10-17(16-20(22)27(29)30)23(28)26-14-12-25(13-15-26)18-6-2-1-3-7-18/h1-11,16H,12-15H2. The lowest BCUT2D eigenvalue weighted by atomic mass is 10.1. The number of piperazine rings is 1. The normalized spacial score (nSPS) is 13.8. The van der Waals surface area contributed by atoms with Crippen LogP contribution in [0.1, 0.15) is 10.4 Å². The van der Waals surface area contributed by atoms with Crippen LogP contribution in [0.3, 0.4) is 0 Å². The Labute approximate surface area is 189 Å². The van der Waals surface area contributed by atoms with Crippen LogP contribution in [0.25, 0.3) is 0 Å². The number of carbonyl (C=O) groups is 1. The van der Waals surface area contributed by atoms with Gasteiger partial charge in [-0.3, -0.25) is 14.9 Å². The summed E-state index contributed by atoms with van der Waals surface area (Å²) in [4.78, 5) is 29.4. The van der Waals surface area contributed by atoms with Gasteiger partial charge in [0.2, 0.25) is 0 Å². The number of hydrogen-bond acceptors (Lipinski definition) is 5. The lowest BCUT2D eigenvalue weighted by molar-refractivity contribution is -0.387. The molecule has 3 aromatic rings. The van der Waals surface area contributed by atoms with E-state index in [-0.39, 0.29) is 11.6 Å². The maximum atomic E-state index is 13.0. The quantitative estimate of drug-likeness (QED) is 0.384. The van der Waals surface area contributed by atoms with Crippen molar-refractivity contribution in [2.24, 2.45) is 0 Å². The number of nitro benzene ring substituents is 1. The molecule has 31 heavy (non-hydrogen) atoms. The van der Waals surface area contributed by atoms with Gasteiger partial charge in [0, 0.05) is 48.4 Å². The van der Waals surface area contributed by atoms with E-state index in [2.05, 4.69) is 17.0 Å². The molecule has 0 N–H and O–H groups in total. The summed E-state index contributed by atoms with van der Waals surface area (Å²) in [6, 6.07) is 21.9. The molecule has 1 amide bonds. The summed E-state index contributed by atoms with van der Waals surface area (Å²) in [6.07, 6.45) is 0. The van der Waals surface area contributed by atoms with Gasteiger partial charge in [-0.2, -0.15) is 0 Å². The lowest BCUT2D eigenvalue weighted by Crippen LogP contribution is -2.48. The molecule has 3 aromatic carbocycles. The van der Waals surface area contributed by atoms with Crippen LogP contribution in [-0.2, 0) is 0 Å². The third kappa shape index (κ3) is 4.84. The Hall–Kier alpha value is -3.03. The SMILES string of the molecule is O=C(c1ccc(Sc2ccccc2Cl)c([N+](=O)[O-])c1)N1CCN(c2ccccc2)CC1. The van der Waals surface area contributed by atoms with Crippen LogP contribution < -0.4 is 4.90 Å². The molecule has 0 aliphatic carbocycles. The van der Waals surface area contributed by atoms with Crippen molar-refractivity contribution in [3.05, 3.63) is 93.5 Å². The summed E-state index contributed by atoms with van der Waals surface area (Å²) in [5, 5.41) is 12.2. The van der Waals surface area contributed by atoms with Crippen LogP contribution >= 0.6 is 23.4 Å². The second-order valence-corrected chi connectivity index (χ2v) is 8.58. The van der Waals surface area contributed by atoms with E-state index in [0.717, 1.165) is 23.7 Å². The van der Waals surface area contributed by atoms with Crippen molar-refractivity contribution in [1.29, 1.82) is 0 Å². The number of anilines is 1. The number of rotatable bonds is 5. The van der Waals surface area contributed by atoms with Crippen molar-refractivity contribution in [3.8, 4) is 0 Å². The molecule has 0 atom stereocenters. The lowest BCUT2D eigenvalue weighted by Gasteiger charge is -2.36. The highest BCUT2D eigenvalue weighted by Gasteiger charge is 2.25. The molecule has 0 aromatic heterocycles. The highest BCUT2D eigenvalue weighted by molar-refractivity contribution is 7.99. The third-order valence-electron chi connectivity index (χ3n) is 5.15. The number of amides is 1. The smallest absolute Gasteiger partial charge is 0.284 e. The van der Waals surface area contributed by atoms with Crippen LogP contribution in [0.5, 0.6) is 0 Å². The van der Waals surface area contributed by atoms with Gasteiger partial charge in [0.05, 0.1) is 14.8 Å². The Morgan fingerprint density at radius 2 is 1.58 bits per heavy atom. The first-order valence-corrected chi connectivity index (χ1v) is 11.0. The zero-order chi connectivity index (χ0) is 21.8. The highest BCUT2D eigenvalue weighted by Crippen LogP contribution is 2.38. The Morgan fingerprint density at radius 3 is 2.26 bits per heavy atom. The van der Waals surface area contributed by atoms with E-state index in [9.17, 15) is 14.9 Å². The molecule has 4 rings (SSSR count). The van der Waals surface area contributed by atoms with Crippen LogP contribution in [-0.4, -0.2) is 41.9 Å². The summed E-state index contributed by atoms with van der Waals surface area (Å²) in [7, 11) is 0. The molecule has 6 nitrogen and oxygen atoms in total. The van der Waals surface area contributed by atoms with E-state index in [1.807, 2.05) is 30.3 Å². The summed E-state index contributed by atoms with van der Waals surface area (Å²) >= 11 is 7.41. The van der Waals surface area contributed by atoms with E-state index in [4.69, 9.17) is 11.6 Å². The second kappa shape index (κ2) is 9.41. The van der Waals surface area contributed by atoms with E-state index in [1.54, 1.807) is 29.2 Å². The van der Waals surface area contributed by atoms with Crippen LogP contribution in [0, 0.1) is 10.1 Å². The fraction of sp³-hybridized carbons (Fsp3) is 0.174. The number of para-hydroxylation sites is 1. The van der Waals surface area contributed by atoms with E-state index in [0.29, 0.717) is 28.6 Å². The predicted molar refractivity (Wildman–Crippen MR) is 123 cm³/mol. The predicted octanol–water partition coefficient (Wildman–Crippen LogP) is 5.36. The minimum atomic E-state index is -0.455. The molecule has 0 unspecified atom stereocenters. The number of benzene rings is 3. The van der Waals surface area contributed by atoms with Gasteiger partial charge in [-0.05, 0) is 36.4 Å². The summed E-state index contributed by atoms with van der Waals surface area (Å²) in [5.74, 6) is -0.190. The maximum Gasteiger partial charge on any atom is 0.284 e. The van der Waals surface area contributed by atoms with Gasteiger partial charge < -0.3 is 9.80 Å². The van der Waals surface area contributed by atoms with Crippen LogP contribution in [0.2, 0.25) is 5.02 Å². The third-order valence-corrected chi connectivity index (χ3v) is 6.73. The van der Waals surface area contributed by atoms with Crippen molar-refractivity contribution in [3.63, 3.8) is 0 Å². The van der Waals surface area contributed by atoms with Gasteiger partial charge in [-0.1, -0.05) is 53.7 Å². The first kappa shape index (κ1) is 21.2. The van der Waals surface area contributed by atoms with Gasteiger partial charge in [0.25, 0.3) is 11.6 Å².